The number of thiophene rings is 1. The number of rotatable bonds is 6. The van der Waals surface area contributed by atoms with Gasteiger partial charge in [-0.15, -0.1) is 35.3 Å². The molecule has 24 heavy (non-hydrogen) atoms. The zero-order chi connectivity index (χ0) is 16.0. The number of hydrogen-bond acceptors (Lipinski definition) is 4. The molecule has 3 rings (SSSR count). The maximum absolute atomic E-state index is 6.08. The number of likely N-dealkylation sites (tertiary alicyclic amines) is 1. The Balaban J connectivity index is 0.00000208. The summed E-state index contributed by atoms with van der Waals surface area (Å²) in [5.74, 6) is 0.576. The van der Waals surface area contributed by atoms with Crippen LogP contribution in [0.2, 0.25) is 0 Å². The van der Waals surface area contributed by atoms with Crippen molar-refractivity contribution in [2.45, 2.75) is 37.6 Å². The van der Waals surface area contributed by atoms with E-state index in [1.54, 1.807) is 11.3 Å². The number of ether oxygens (including phenoxy) is 1. The molecule has 5 nitrogen and oxygen atoms in total. The number of nitrogens with two attached hydrogens (primary N) is 1. The van der Waals surface area contributed by atoms with E-state index in [9.17, 15) is 0 Å². The number of guanidine groups is 1. The topological polar surface area (TPSA) is 62.9 Å². The highest BCUT2D eigenvalue weighted by atomic mass is 127. The third-order valence-electron chi connectivity index (χ3n) is 5.00. The molecule has 2 fully saturated rings. The highest BCUT2D eigenvalue weighted by Crippen LogP contribution is 2.31. The quantitative estimate of drug-likeness (QED) is 0.386. The average Bonchev–Trinajstić information content (AvgIpc) is 3.28. The molecule has 1 aromatic rings. The zero-order valence-electron chi connectivity index (χ0n) is 14.2. The molecule has 0 bridgehead atoms. The maximum Gasteiger partial charge on any atom is 0.188 e. The summed E-state index contributed by atoms with van der Waals surface area (Å²) in [6, 6.07) is 4.24. The van der Waals surface area contributed by atoms with Gasteiger partial charge in [-0.2, -0.15) is 0 Å². The molecule has 0 spiro atoms. The number of aliphatic imine (C=N–C) groups is 1. The largest absolute Gasteiger partial charge is 0.381 e. The Labute approximate surface area is 166 Å². The molecule has 2 aliphatic heterocycles. The van der Waals surface area contributed by atoms with Crippen molar-refractivity contribution >= 4 is 41.3 Å². The van der Waals surface area contributed by atoms with Gasteiger partial charge in [0.05, 0.1) is 6.54 Å². The number of nitrogens with one attached hydrogen (secondary N) is 1. The lowest BCUT2D eigenvalue weighted by molar-refractivity contribution is -0.0138. The SMILES string of the molecule is I.NC(=NCC1(N2CCCC2)CCOCC1)NCCc1cccs1. The molecular weight excluding hydrogens is 435 g/mol. The molecule has 0 amide bonds. The first-order valence-corrected chi connectivity index (χ1v) is 9.55. The molecule has 3 N–H and O–H groups in total. The molecule has 1 aromatic heterocycles. The maximum atomic E-state index is 6.08. The van der Waals surface area contributed by atoms with E-state index in [4.69, 9.17) is 10.5 Å². The van der Waals surface area contributed by atoms with Crippen LogP contribution in [0.1, 0.15) is 30.6 Å². The summed E-state index contributed by atoms with van der Waals surface area (Å²) >= 11 is 1.79. The normalized spacial score (nSPS) is 21.4. The van der Waals surface area contributed by atoms with Gasteiger partial charge >= 0.3 is 0 Å². The molecule has 2 saturated heterocycles. The molecule has 0 atom stereocenters. The van der Waals surface area contributed by atoms with E-state index in [2.05, 4.69) is 32.7 Å². The van der Waals surface area contributed by atoms with Gasteiger partial charge in [-0.05, 0) is 56.6 Å². The van der Waals surface area contributed by atoms with Gasteiger partial charge < -0.3 is 15.8 Å². The third-order valence-corrected chi connectivity index (χ3v) is 5.94. The molecule has 0 aromatic carbocycles. The highest BCUT2D eigenvalue weighted by molar-refractivity contribution is 14.0. The van der Waals surface area contributed by atoms with Crippen molar-refractivity contribution in [2.75, 3.05) is 39.4 Å². The van der Waals surface area contributed by atoms with Gasteiger partial charge in [0.1, 0.15) is 0 Å². The van der Waals surface area contributed by atoms with Crippen molar-refractivity contribution in [3.8, 4) is 0 Å². The average molecular weight is 464 g/mol. The van der Waals surface area contributed by atoms with Gasteiger partial charge in [0.25, 0.3) is 0 Å². The standard InChI is InChI=1S/C17H28N4OS.HI/c18-16(19-8-5-15-4-3-13-23-15)20-14-17(6-11-22-12-7-17)21-9-1-2-10-21;/h3-4,13H,1-2,5-12,14H2,(H3,18,19,20);1H. The van der Waals surface area contributed by atoms with Crippen molar-refractivity contribution in [2.24, 2.45) is 10.7 Å². The van der Waals surface area contributed by atoms with Crippen molar-refractivity contribution in [3.63, 3.8) is 0 Å². The molecule has 0 aliphatic carbocycles. The molecule has 3 heterocycles. The first-order valence-electron chi connectivity index (χ1n) is 8.67. The first kappa shape index (κ1) is 19.9. The molecule has 0 saturated carbocycles. The van der Waals surface area contributed by atoms with Gasteiger partial charge in [-0.1, -0.05) is 6.07 Å². The summed E-state index contributed by atoms with van der Waals surface area (Å²) < 4.78 is 5.58. The second-order valence-electron chi connectivity index (χ2n) is 6.49. The second kappa shape index (κ2) is 9.94. The molecule has 0 radical (unpaired) electrons. The summed E-state index contributed by atoms with van der Waals surface area (Å²) in [4.78, 5) is 8.67. The van der Waals surface area contributed by atoms with Crippen molar-refractivity contribution in [1.29, 1.82) is 0 Å². The van der Waals surface area contributed by atoms with Crippen LogP contribution in [-0.4, -0.2) is 55.8 Å². The lowest BCUT2D eigenvalue weighted by Gasteiger charge is -2.43. The van der Waals surface area contributed by atoms with Crippen LogP contribution in [0.25, 0.3) is 0 Å². The lowest BCUT2D eigenvalue weighted by atomic mass is 9.88. The Hall–Kier alpha value is -0.380. The Morgan fingerprint density at radius 3 is 2.75 bits per heavy atom. The molecule has 136 valence electrons. The van der Waals surface area contributed by atoms with Gasteiger partial charge in [0, 0.05) is 30.2 Å². The molecular formula is C17H29IN4OS. The van der Waals surface area contributed by atoms with Crippen LogP contribution < -0.4 is 11.1 Å². The predicted octanol–water partition coefficient (Wildman–Crippen LogP) is 2.46. The summed E-state index contributed by atoms with van der Waals surface area (Å²) in [5.41, 5.74) is 6.24. The van der Waals surface area contributed by atoms with Crippen LogP contribution in [0, 0.1) is 0 Å². The van der Waals surface area contributed by atoms with Crippen LogP contribution >= 0.6 is 35.3 Å². The Kier molecular flexibility index (Phi) is 8.25. The summed E-state index contributed by atoms with van der Waals surface area (Å²) in [5, 5.41) is 5.36. The summed E-state index contributed by atoms with van der Waals surface area (Å²) in [7, 11) is 0. The minimum absolute atomic E-state index is 0. The zero-order valence-corrected chi connectivity index (χ0v) is 17.4. The van der Waals surface area contributed by atoms with Gasteiger partial charge in [0.2, 0.25) is 0 Å². The van der Waals surface area contributed by atoms with Gasteiger partial charge in [-0.25, -0.2) is 0 Å². The van der Waals surface area contributed by atoms with E-state index in [1.807, 2.05) is 0 Å². The fourth-order valence-electron chi connectivity index (χ4n) is 3.57. The van der Waals surface area contributed by atoms with E-state index in [0.717, 1.165) is 45.6 Å². The highest BCUT2D eigenvalue weighted by Gasteiger charge is 2.39. The minimum Gasteiger partial charge on any atom is -0.381 e. The predicted molar refractivity (Wildman–Crippen MR) is 112 cm³/mol. The Morgan fingerprint density at radius 1 is 1.33 bits per heavy atom. The fraction of sp³-hybridized carbons (Fsp3) is 0.706. The van der Waals surface area contributed by atoms with E-state index in [-0.39, 0.29) is 29.5 Å². The van der Waals surface area contributed by atoms with Crippen LogP contribution in [0.15, 0.2) is 22.5 Å². The monoisotopic (exact) mass is 464 g/mol. The van der Waals surface area contributed by atoms with Crippen molar-refractivity contribution < 1.29 is 4.74 Å². The molecule has 0 unspecified atom stereocenters. The lowest BCUT2D eigenvalue weighted by Crippen LogP contribution is -2.53. The van der Waals surface area contributed by atoms with Crippen molar-refractivity contribution in [1.82, 2.24) is 10.2 Å². The smallest absolute Gasteiger partial charge is 0.188 e. The van der Waals surface area contributed by atoms with Crippen LogP contribution in [0.3, 0.4) is 0 Å². The van der Waals surface area contributed by atoms with Gasteiger partial charge in [0.15, 0.2) is 5.96 Å². The van der Waals surface area contributed by atoms with E-state index in [0.29, 0.717) is 5.96 Å². The molecule has 2 aliphatic rings. The fourth-order valence-corrected chi connectivity index (χ4v) is 4.28. The van der Waals surface area contributed by atoms with Crippen LogP contribution in [0.4, 0.5) is 0 Å². The first-order chi connectivity index (χ1) is 11.3. The third kappa shape index (κ3) is 5.31. The van der Waals surface area contributed by atoms with Crippen molar-refractivity contribution in [3.05, 3.63) is 22.4 Å². The van der Waals surface area contributed by atoms with E-state index in [1.165, 1.54) is 30.8 Å². The number of halogens is 1. The van der Waals surface area contributed by atoms with E-state index < -0.39 is 0 Å². The number of hydrogen-bond donors (Lipinski definition) is 2. The van der Waals surface area contributed by atoms with Crippen LogP contribution in [-0.2, 0) is 11.2 Å². The Morgan fingerprint density at radius 2 is 2.08 bits per heavy atom. The Bertz CT molecular complexity index is 497. The second-order valence-corrected chi connectivity index (χ2v) is 7.52. The van der Waals surface area contributed by atoms with E-state index >= 15 is 0 Å². The minimum atomic E-state index is 0. The number of nitrogens with zero attached hydrogens (tertiary/aromatic N) is 2. The molecule has 7 heteroatoms. The summed E-state index contributed by atoms with van der Waals surface area (Å²) in [6.45, 7) is 5.71. The summed E-state index contributed by atoms with van der Waals surface area (Å²) in [6.07, 6.45) is 5.75. The van der Waals surface area contributed by atoms with Crippen LogP contribution in [0.5, 0.6) is 0 Å². The van der Waals surface area contributed by atoms with Gasteiger partial charge in [-0.3, -0.25) is 9.89 Å².